The average Bonchev–Trinajstić information content (AvgIpc) is 3.36. The molecular formula is C23H24N2O5S. The average molecular weight is 441 g/mol. The van der Waals surface area contributed by atoms with Gasteiger partial charge in [0.25, 0.3) is 15.9 Å². The van der Waals surface area contributed by atoms with Gasteiger partial charge in [0.15, 0.2) is 0 Å². The smallest absolute Gasteiger partial charge is 0.275 e. The molecule has 162 valence electrons. The highest BCUT2D eigenvalue weighted by Gasteiger charge is 2.32. The number of hydrogen-bond donors (Lipinski definition) is 0. The largest absolute Gasteiger partial charge is 0.485 e. The summed E-state index contributed by atoms with van der Waals surface area (Å²) in [6, 6.07) is 17.9. The minimum absolute atomic E-state index is 0.000613. The minimum atomic E-state index is -3.66. The third kappa shape index (κ3) is 3.96. The fraction of sp³-hybridized carbons (Fsp3) is 0.261. The van der Waals surface area contributed by atoms with Gasteiger partial charge < -0.3 is 14.1 Å². The quantitative estimate of drug-likeness (QED) is 0.584. The molecule has 3 aromatic rings. The maximum atomic E-state index is 13.4. The molecule has 7 nitrogen and oxygen atoms in total. The molecule has 0 aliphatic carbocycles. The normalized spacial score (nSPS) is 15.9. The number of furan rings is 1. The van der Waals surface area contributed by atoms with Gasteiger partial charge in [0.2, 0.25) is 5.09 Å². The van der Waals surface area contributed by atoms with Crippen LogP contribution in [0.1, 0.15) is 28.6 Å². The molecule has 0 radical (unpaired) electrons. The molecule has 0 fully saturated rings. The second-order valence-electron chi connectivity index (χ2n) is 7.65. The number of carbonyl (C=O) groups excluding carboxylic acids is 1. The van der Waals surface area contributed by atoms with Crippen molar-refractivity contribution in [3.05, 3.63) is 77.6 Å². The lowest BCUT2D eigenvalue weighted by atomic mass is 10.1. The summed E-state index contributed by atoms with van der Waals surface area (Å²) in [6.45, 7) is 2.02. The van der Waals surface area contributed by atoms with Gasteiger partial charge in [0, 0.05) is 25.8 Å². The van der Waals surface area contributed by atoms with Gasteiger partial charge in [-0.25, -0.2) is 12.7 Å². The molecule has 1 aliphatic rings. The highest BCUT2D eigenvalue weighted by atomic mass is 32.2. The Morgan fingerprint density at radius 3 is 2.58 bits per heavy atom. The Kier molecular flexibility index (Phi) is 5.60. The van der Waals surface area contributed by atoms with E-state index in [1.54, 1.807) is 35.2 Å². The predicted octanol–water partition coefficient (Wildman–Crippen LogP) is 3.70. The molecule has 1 aromatic heterocycles. The first-order valence-corrected chi connectivity index (χ1v) is 11.4. The van der Waals surface area contributed by atoms with Gasteiger partial charge in [0.05, 0.1) is 5.56 Å². The third-order valence-corrected chi connectivity index (χ3v) is 6.97. The summed E-state index contributed by atoms with van der Waals surface area (Å²) in [7, 11) is -0.780. The zero-order valence-corrected chi connectivity index (χ0v) is 18.4. The Morgan fingerprint density at radius 1 is 1.10 bits per heavy atom. The van der Waals surface area contributed by atoms with Crippen LogP contribution in [0.15, 0.2) is 70.2 Å². The van der Waals surface area contributed by atoms with E-state index in [9.17, 15) is 13.2 Å². The second-order valence-corrected chi connectivity index (χ2v) is 9.73. The molecule has 0 saturated carbocycles. The highest BCUT2D eigenvalue weighted by molar-refractivity contribution is 7.88. The number of nitrogens with zero attached hydrogens (tertiary/aromatic N) is 2. The van der Waals surface area contributed by atoms with E-state index < -0.39 is 10.0 Å². The maximum absolute atomic E-state index is 13.4. The van der Waals surface area contributed by atoms with Crippen molar-refractivity contribution in [3.63, 3.8) is 0 Å². The fourth-order valence-electron chi connectivity index (χ4n) is 3.68. The van der Waals surface area contributed by atoms with E-state index in [1.807, 2.05) is 31.2 Å². The Morgan fingerprint density at radius 2 is 1.81 bits per heavy atom. The molecule has 2 aromatic carbocycles. The first kappa shape index (κ1) is 21.1. The number of rotatable bonds is 6. The van der Waals surface area contributed by atoms with E-state index in [4.69, 9.17) is 9.15 Å². The van der Waals surface area contributed by atoms with Gasteiger partial charge in [-0.15, -0.1) is 0 Å². The lowest BCUT2D eigenvalue weighted by molar-refractivity contribution is 0.0976. The zero-order valence-electron chi connectivity index (χ0n) is 17.6. The Bertz CT molecular complexity index is 1220. The Balaban J connectivity index is 1.55. The van der Waals surface area contributed by atoms with E-state index in [2.05, 4.69) is 0 Å². The topological polar surface area (TPSA) is 80.1 Å². The molecule has 1 atom stereocenters. The Labute approximate surface area is 181 Å². The lowest BCUT2D eigenvalue weighted by Gasteiger charge is -2.24. The van der Waals surface area contributed by atoms with Gasteiger partial charge in [-0.2, -0.15) is 0 Å². The van der Waals surface area contributed by atoms with Crippen molar-refractivity contribution in [2.45, 2.75) is 31.1 Å². The standard InChI is InChI=1S/C23H24N2O5S/c1-16-14-17-8-4-6-10-20(17)25(16)23(26)19-9-5-7-11-21(19)29-15-18-12-13-22(30-18)31(27,28)24(2)3/h4-13,16H,14-15H2,1-3H3. The minimum Gasteiger partial charge on any atom is -0.485 e. The molecule has 1 amide bonds. The SMILES string of the molecule is CC1Cc2ccccc2N1C(=O)c1ccccc1OCc1ccc(S(=O)(=O)N(C)C)o1. The molecule has 0 bridgehead atoms. The summed E-state index contributed by atoms with van der Waals surface area (Å²) < 4.78 is 36.8. The number of fused-ring (bicyclic) bond motifs is 1. The van der Waals surface area contributed by atoms with Crippen LogP contribution in [0.25, 0.3) is 0 Å². The molecule has 0 saturated heterocycles. The number of sulfonamides is 1. The number of ether oxygens (including phenoxy) is 1. The lowest BCUT2D eigenvalue weighted by Crippen LogP contribution is -2.35. The second kappa shape index (κ2) is 8.20. The fourth-order valence-corrected chi connectivity index (χ4v) is 4.49. The molecule has 0 N–H and O–H groups in total. The molecule has 4 rings (SSSR count). The van der Waals surface area contributed by atoms with Crippen molar-refractivity contribution in [3.8, 4) is 5.75 Å². The number of anilines is 1. The zero-order chi connectivity index (χ0) is 22.2. The summed E-state index contributed by atoms with van der Waals surface area (Å²) in [5.74, 6) is 0.628. The predicted molar refractivity (Wildman–Crippen MR) is 117 cm³/mol. The maximum Gasteiger partial charge on any atom is 0.275 e. The molecule has 1 aliphatic heterocycles. The molecule has 2 heterocycles. The van der Waals surface area contributed by atoms with E-state index in [-0.39, 0.29) is 23.6 Å². The van der Waals surface area contributed by atoms with Crippen molar-refractivity contribution in [2.75, 3.05) is 19.0 Å². The summed E-state index contributed by atoms with van der Waals surface area (Å²) in [5.41, 5.74) is 2.50. The van der Waals surface area contributed by atoms with E-state index in [0.29, 0.717) is 17.1 Å². The molecule has 1 unspecified atom stereocenters. The van der Waals surface area contributed by atoms with Crippen LogP contribution in [0.4, 0.5) is 5.69 Å². The van der Waals surface area contributed by atoms with E-state index >= 15 is 0 Å². The van der Waals surface area contributed by atoms with Crippen LogP contribution in [-0.4, -0.2) is 38.8 Å². The molecule has 31 heavy (non-hydrogen) atoms. The van der Waals surface area contributed by atoms with Gasteiger partial charge in [-0.05, 0) is 49.2 Å². The highest BCUT2D eigenvalue weighted by Crippen LogP contribution is 2.34. The third-order valence-electron chi connectivity index (χ3n) is 5.29. The number of benzene rings is 2. The van der Waals surface area contributed by atoms with E-state index in [0.717, 1.165) is 22.0 Å². The summed E-state index contributed by atoms with van der Waals surface area (Å²) >= 11 is 0. The van der Waals surface area contributed by atoms with Crippen LogP contribution < -0.4 is 9.64 Å². The molecule has 8 heteroatoms. The van der Waals surface area contributed by atoms with Crippen LogP contribution in [0, 0.1) is 0 Å². The molecule has 0 spiro atoms. The van der Waals surface area contributed by atoms with Gasteiger partial charge >= 0.3 is 0 Å². The van der Waals surface area contributed by atoms with Crippen LogP contribution >= 0.6 is 0 Å². The number of amides is 1. The van der Waals surface area contributed by atoms with Gasteiger partial charge in [-0.1, -0.05) is 30.3 Å². The van der Waals surface area contributed by atoms with Crippen molar-refractivity contribution >= 4 is 21.6 Å². The van der Waals surface area contributed by atoms with Crippen molar-refractivity contribution in [1.82, 2.24) is 4.31 Å². The van der Waals surface area contributed by atoms with Crippen molar-refractivity contribution in [1.29, 1.82) is 0 Å². The molecular weight excluding hydrogens is 416 g/mol. The summed E-state index contributed by atoms with van der Waals surface area (Å²) in [5, 5.41) is -0.150. The van der Waals surface area contributed by atoms with Crippen LogP contribution in [0.5, 0.6) is 5.75 Å². The van der Waals surface area contributed by atoms with Crippen LogP contribution in [0.2, 0.25) is 0 Å². The van der Waals surface area contributed by atoms with E-state index in [1.165, 1.54) is 20.2 Å². The summed E-state index contributed by atoms with van der Waals surface area (Å²) in [6.07, 6.45) is 0.806. The monoisotopic (exact) mass is 440 g/mol. The van der Waals surface area contributed by atoms with Crippen molar-refractivity contribution in [2.24, 2.45) is 0 Å². The number of carbonyl (C=O) groups is 1. The summed E-state index contributed by atoms with van der Waals surface area (Å²) in [4.78, 5) is 15.2. The first-order chi connectivity index (χ1) is 14.8. The van der Waals surface area contributed by atoms with Crippen molar-refractivity contribution < 1.29 is 22.4 Å². The first-order valence-electron chi connectivity index (χ1n) is 9.93. The van der Waals surface area contributed by atoms with Crippen LogP contribution in [0.3, 0.4) is 0 Å². The van der Waals surface area contributed by atoms with Crippen LogP contribution in [-0.2, 0) is 23.1 Å². The van der Waals surface area contributed by atoms with Gasteiger partial charge in [-0.3, -0.25) is 4.79 Å². The number of hydrogen-bond acceptors (Lipinski definition) is 5. The Hall–Kier alpha value is -3.10. The number of para-hydroxylation sites is 2. The van der Waals surface area contributed by atoms with Gasteiger partial charge in [0.1, 0.15) is 18.1 Å².